The van der Waals surface area contributed by atoms with Gasteiger partial charge < -0.3 is 0 Å². The molecule has 0 saturated heterocycles. The van der Waals surface area contributed by atoms with E-state index in [1.165, 1.54) is 0 Å². The molecule has 0 aromatic rings. The van der Waals surface area contributed by atoms with E-state index < -0.39 is 10.2 Å². The van der Waals surface area contributed by atoms with Crippen molar-refractivity contribution in [1.82, 2.24) is 0 Å². The zero-order valence-electron chi connectivity index (χ0n) is 11.0. The molecule has 0 spiro atoms. The Balaban J connectivity index is 0. The van der Waals surface area contributed by atoms with Crippen molar-refractivity contribution >= 4 is 41.6 Å². The van der Waals surface area contributed by atoms with Crippen molar-refractivity contribution in [3.8, 4) is 0 Å². The zero-order chi connectivity index (χ0) is 10.8. The Morgan fingerprint density at radius 2 is 1.40 bits per heavy atom. The molecule has 0 heterocycles. The summed E-state index contributed by atoms with van der Waals surface area (Å²) in [7, 11) is -1.43. The maximum atomic E-state index is 2.52. The Morgan fingerprint density at radius 1 is 1.00 bits per heavy atom. The molecule has 15 heavy (non-hydrogen) atoms. The molecule has 0 aromatic heterocycles. The van der Waals surface area contributed by atoms with E-state index in [9.17, 15) is 0 Å². The van der Waals surface area contributed by atoms with Crippen molar-refractivity contribution in [2.45, 2.75) is 37.8 Å². The van der Waals surface area contributed by atoms with Gasteiger partial charge in [-0.3, -0.25) is 0 Å². The average Bonchev–Trinajstić information content (AvgIpc) is 1.97. The van der Waals surface area contributed by atoms with Crippen LogP contribution in [0.3, 0.4) is 0 Å². The molecule has 0 radical (unpaired) electrons. The molecular weight excluding hydrogens is 368 g/mol. The van der Waals surface area contributed by atoms with Gasteiger partial charge in [-0.05, 0) is 0 Å². The van der Waals surface area contributed by atoms with Crippen LogP contribution in [0.25, 0.3) is 0 Å². The van der Waals surface area contributed by atoms with Gasteiger partial charge in [0, 0.05) is 0 Å². The van der Waals surface area contributed by atoms with Gasteiger partial charge in [-0.15, -0.1) is 34.0 Å². The van der Waals surface area contributed by atoms with Gasteiger partial charge in [0.2, 0.25) is 0 Å². The van der Waals surface area contributed by atoms with Crippen LogP contribution in [0.15, 0.2) is 22.1 Å². The fraction of sp³-hybridized carbons (Fsp3) is 0.636. The third-order valence-electron chi connectivity index (χ3n) is 2.93. The summed E-state index contributed by atoms with van der Waals surface area (Å²) in [6.45, 7) is 0. The second kappa shape index (κ2) is 2.40. The number of hydrogen-bond acceptors (Lipinski definition) is 0. The molecule has 0 bridgehead atoms. The Hall–Kier alpha value is 1.37. The van der Waals surface area contributed by atoms with Crippen molar-refractivity contribution < 1.29 is 10.2 Å². The van der Waals surface area contributed by atoms with Gasteiger partial charge in [0.05, 0.1) is 0 Å². The Bertz CT molecular complexity index is 454. The van der Waals surface area contributed by atoms with Crippen LogP contribution in [0.5, 0.6) is 0 Å². The fourth-order valence-electron chi connectivity index (χ4n) is 1.69. The average molecular weight is 395 g/mol. The maximum absolute atomic E-state index is 3.69. The Labute approximate surface area is 111 Å². The summed E-state index contributed by atoms with van der Waals surface area (Å²) in [6, 6.07) is 0. The van der Waals surface area contributed by atoms with E-state index in [0.717, 1.165) is 6.42 Å². The van der Waals surface area contributed by atoms with Crippen molar-refractivity contribution in [2.24, 2.45) is 0 Å². The first-order valence-corrected chi connectivity index (χ1v) is 19.5. The van der Waals surface area contributed by atoms with Crippen molar-refractivity contribution in [3.05, 3.63) is 22.1 Å². The fourth-order valence-corrected chi connectivity index (χ4v) is 6.99. The van der Waals surface area contributed by atoms with Crippen molar-refractivity contribution in [3.63, 3.8) is 0 Å². The van der Waals surface area contributed by atoms with Gasteiger partial charge in [-0.25, -0.2) is 0 Å². The molecule has 0 saturated carbocycles. The first-order chi connectivity index (χ1) is 5.00. The molecule has 1 rings (SSSR count). The molecule has 0 unspecified atom stereocenters. The van der Waals surface area contributed by atoms with Crippen LogP contribution in [0.4, 0.5) is 0 Å². The van der Waals surface area contributed by atoms with Crippen molar-refractivity contribution in [2.75, 3.05) is 0 Å². The second-order valence-corrected chi connectivity index (χ2v) is 67.9. The normalized spacial score (nSPS) is 25.6. The van der Waals surface area contributed by atoms with Gasteiger partial charge in [0.1, 0.15) is 0 Å². The van der Waals surface area contributed by atoms with E-state index in [1.807, 2.05) is 0 Å². The molecule has 4 heteroatoms. The number of allylic oxidation sites excluding steroid dienone is 4. The number of hydrogen-bond donors (Lipinski definition) is 0. The predicted molar refractivity (Wildman–Crippen MR) is 86.2 cm³/mol. The van der Waals surface area contributed by atoms with E-state index in [0.29, 0.717) is 0 Å². The summed E-state index contributed by atoms with van der Waals surface area (Å²) >= 11 is 0. The second-order valence-electron chi connectivity index (χ2n) is 12.6. The SMILES string of the molecule is Br.Br.[CH3][Ti]([CH3])([CH3])([CH3])([CH3])([CH3])(=[SiH2])[C]1=CC=CC1. The van der Waals surface area contributed by atoms with Crippen LogP contribution in [0.2, 0.25) is 31.4 Å². The van der Waals surface area contributed by atoms with Crippen LogP contribution in [-0.2, 0) is 10.2 Å². The van der Waals surface area contributed by atoms with Crippen LogP contribution in [0, 0.1) is 0 Å². The van der Waals surface area contributed by atoms with E-state index in [-0.39, 0.29) is 34.0 Å². The molecule has 0 fully saturated rings. The summed E-state index contributed by atoms with van der Waals surface area (Å²) in [5.41, 5.74) is 0. The summed E-state index contributed by atoms with van der Waals surface area (Å²) in [6.07, 6.45) is 7.97. The van der Waals surface area contributed by atoms with Gasteiger partial charge in [0.25, 0.3) is 0 Å². The molecule has 0 aromatic carbocycles. The molecular formula is C11H27Br2SiTi. The van der Waals surface area contributed by atoms with Crippen LogP contribution in [-0.4, -0.2) is 7.63 Å². The number of halogens is 2. The minimum atomic E-state index is -3.69. The molecule has 0 N–H and O–H groups in total. The third kappa shape index (κ3) is 5.49. The van der Waals surface area contributed by atoms with Crippen LogP contribution < -0.4 is 0 Å². The predicted octanol–water partition coefficient (Wildman–Crippen LogP) is 5.12. The van der Waals surface area contributed by atoms with Gasteiger partial charge >= 0.3 is 77.7 Å². The molecule has 0 atom stereocenters. The van der Waals surface area contributed by atoms with Gasteiger partial charge in [0.15, 0.2) is 0 Å². The summed E-state index contributed by atoms with van der Waals surface area (Å²) in [4.78, 5) is 0. The van der Waals surface area contributed by atoms with E-state index in [1.54, 1.807) is 3.88 Å². The van der Waals surface area contributed by atoms with Gasteiger partial charge in [-0.1, -0.05) is 0 Å². The van der Waals surface area contributed by atoms with E-state index in [2.05, 4.69) is 57.2 Å². The number of rotatable bonds is 1. The molecule has 1 aliphatic carbocycles. The molecule has 93 valence electrons. The summed E-state index contributed by atoms with van der Waals surface area (Å²) < 4.78 is 1.66. The topological polar surface area (TPSA) is 0 Å². The first kappa shape index (κ1) is 18.7. The standard InChI is InChI=1S/C5H5.6CH3.2BrH.H2Si.Ti/c1-2-4-5-3-1;;;;;;;;;;/h1-3H,4H2;6*1H3;2*1H;1H2;. The minimum absolute atomic E-state index is 0. The Morgan fingerprint density at radius 3 is 1.53 bits per heavy atom. The van der Waals surface area contributed by atoms with E-state index in [4.69, 9.17) is 0 Å². The molecule has 1 aliphatic rings. The van der Waals surface area contributed by atoms with Crippen molar-refractivity contribution in [1.29, 1.82) is 0 Å². The molecule has 0 amide bonds. The van der Waals surface area contributed by atoms with Crippen LogP contribution in [0.1, 0.15) is 6.42 Å². The van der Waals surface area contributed by atoms with E-state index >= 15 is 0 Å². The quantitative estimate of drug-likeness (QED) is 0.541. The molecule has 0 nitrogen and oxygen atoms in total. The monoisotopic (exact) mass is 393 g/mol. The first-order valence-electron chi connectivity index (χ1n) is 5.32. The zero-order valence-corrected chi connectivity index (χ0v) is 17.4. The summed E-state index contributed by atoms with van der Waals surface area (Å²) in [5, 5.41) is 15.1. The third-order valence-corrected chi connectivity index (χ3v) is 12.1. The molecule has 0 aliphatic heterocycles. The Kier molecular flexibility index (Phi) is 3.00. The summed E-state index contributed by atoms with van der Waals surface area (Å²) in [5.74, 6) is 0. The van der Waals surface area contributed by atoms with Gasteiger partial charge in [-0.2, -0.15) is 0 Å². The van der Waals surface area contributed by atoms with Crippen LogP contribution >= 0.6 is 34.0 Å².